The van der Waals surface area contributed by atoms with Crippen LogP contribution in [0.5, 0.6) is 0 Å². The van der Waals surface area contributed by atoms with E-state index in [9.17, 15) is 9.59 Å². The van der Waals surface area contributed by atoms with Crippen LogP contribution >= 0.6 is 15.9 Å². The van der Waals surface area contributed by atoms with E-state index in [1.807, 2.05) is 12.1 Å². The van der Waals surface area contributed by atoms with Crippen molar-refractivity contribution in [3.8, 4) is 0 Å². The van der Waals surface area contributed by atoms with Crippen molar-refractivity contribution >= 4 is 27.9 Å². The number of halogens is 1. The molecule has 1 fully saturated rings. The number of hydrogen-bond donors (Lipinski definition) is 0. The number of imide groups is 1. The lowest BCUT2D eigenvalue weighted by molar-refractivity contribution is -0.127. The average Bonchev–Trinajstić information content (AvgIpc) is 2.86. The Balaban J connectivity index is 1.60. The molecule has 108 valence electrons. The van der Waals surface area contributed by atoms with Gasteiger partial charge in [0.2, 0.25) is 5.91 Å². The van der Waals surface area contributed by atoms with Crippen LogP contribution in [0.1, 0.15) is 31.2 Å². The number of carbonyl (C=O) groups is 2. The lowest BCUT2D eigenvalue weighted by atomic mass is 10.1. The summed E-state index contributed by atoms with van der Waals surface area (Å²) in [5, 5.41) is 0. The van der Waals surface area contributed by atoms with Gasteiger partial charge in [-0.25, -0.2) is 9.69 Å². The minimum absolute atomic E-state index is 0.115. The average molecular weight is 340 g/mol. The molecule has 1 aliphatic heterocycles. The first-order valence-corrected chi connectivity index (χ1v) is 7.67. The predicted octanol–water partition coefficient (Wildman–Crippen LogP) is 3.53. The van der Waals surface area contributed by atoms with Gasteiger partial charge in [0.15, 0.2) is 0 Å². The molecule has 0 aliphatic carbocycles. The molecule has 2 rings (SSSR count). The van der Waals surface area contributed by atoms with Gasteiger partial charge in [0.05, 0.1) is 6.54 Å². The fourth-order valence-corrected chi connectivity index (χ4v) is 2.45. The van der Waals surface area contributed by atoms with E-state index < -0.39 is 6.09 Å². The Bertz CT molecular complexity index is 473. The minimum Gasteiger partial charge on any atom is -0.447 e. The molecular formula is C15H18BrNO3. The monoisotopic (exact) mass is 339 g/mol. The van der Waals surface area contributed by atoms with Gasteiger partial charge in [0, 0.05) is 10.9 Å². The molecule has 0 saturated carbocycles. The Morgan fingerprint density at radius 2 is 1.95 bits per heavy atom. The molecule has 2 amide bonds. The first kappa shape index (κ1) is 15.0. The van der Waals surface area contributed by atoms with E-state index in [-0.39, 0.29) is 5.91 Å². The van der Waals surface area contributed by atoms with Crippen LogP contribution in [-0.4, -0.2) is 30.1 Å². The van der Waals surface area contributed by atoms with Gasteiger partial charge >= 0.3 is 6.09 Å². The normalized spacial score (nSPS) is 14.4. The standard InChI is InChI=1S/C15H18BrNO3/c16-13-8-6-12(7-9-13)4-2-1-3-5-14(18)17-10-11-20-15(17)19/h6-9H,1-5,10-11H2. The minimum atomic E-state index is -0.495. The molecular weight excluding hydrogens is 322 g/mol. The first-order chi connectivity index (χ1) is 9.66. The van der Waals surface area contributed by atoms with Gasteiger partial charge in [-0.15, -0.1) is 0 Å². The van der Waals surface area contributed by atoms with Crippen LogP contribution in [0.2, 0.25) is 0 Å². The summed E-state index contributed by atoms with van der Waals surface area (Å²) in [5.41, 5.74) is 1.31. The number of nitrogens with zero attached hydrogens (tertiary/aromatic N) is 1. The van der Waals surface area contributed by atoms with E-state index >= 15 is 0 Å². The molecule has 4 nitrogen and oxygen atoms in total. The Morgan fingerprint density at radius 3 is 2.60 bits per heavy atom. The number of ether oxygens (including phenoxy) is 1. The highest BCUT2D eigenvalue weighted by Gasteiger charge is 2.27. The molecule has 0 N–H and O–H groups in total. The Morgan fingerprint density at radius 1 is 1.20 bits per heavy atom. The quantitative estimate of drug-likeness (QED) is 0.745. The van der Waals surface area contributed by atoms with Crippen molar-refractivity contribution in [3.63, 3.8) is 0 Å². The van der Waals surface area contributed by atoms with Crippen LogP contribution in [-0.2, 0) is 16.0 Å². The van der Waals surface area contributed by atoms with Crippen molar-refractivity contribution < 1.29 is 14.3 Å². The summed E-state index contributed by atoms with van der Waals surface area (Å²) in [6.45, 7) is 0.727. The van der Waals surface area contributed by atoms with Gasteiger partial charge in [-0.3, -0.25) is 4.79 Å². The van der Waals surface area contributed by atoms with E-state index in [4.69, 9.17) is 4.74 Å². The van der Waals surface area contributed by atoms with Crippen molar-refractivity contribution in [1.29, 1.82) is 0 Å². The number of amides is 2. The molecule has 1 saturated heterocycles. The highest BCUT2D eigenvalue weighted by atomic mass is 79.9. The smallest absolute Gasteiger partial charge is 0.416 e. The maximum Gasteiger partial charge on any atom is 0.416 e. The van der Waals surface area contributed by atoms with Gasteiger partial charge in [-0.1, -0.05) is 34.5 Å². The number of cyclic esters (lactones) is 1. The zero-order chi connectivity index (χ0) is 14.4. The summed E-state index contributed by atoms with van der Waals surface area (Å²) >= 11 is 3.41. The topological polar surface area (TPSA) is 46.6 Å². The molecule has 1 heterocycles. The van der Waals surface area contributed by atoms with Gasteiger partial charge in [-0.2, -0.15) is 0 Å². The number of hydrogen-bond acceptors (Lipinski definition) is 3. The summed E-state index contributed by atoms with van der Waals surface area (Å²) in [7, 11) is 0. The summed E-state index contributed by atoms with van der Waals surface area (Å²) in [6, 6.07) is 8.29. The van der Waals surface area contributed by atoms with Crippen molar-refractivity contribution in [2.75, 3.05) is 13.2 Å². The molecule has 1 aromatic rings. The van der Waals surface area contributed by atoms with Gasteiger partial charge in [-0.05, 0) is 37.0 Å². The maximum atomic E-state index is 11.7. The van der Waals surface area contributed by atoms with Crippen molar-refractivity contribution in [1.82, 2.24) is 4.90 Å². The molecule has 0 unspecified atom stereocenters. The van der Waals surface area contributed by atoms with Crippen molar-refractivity contribution in [2.45, 2.75) is 32.1 Å². The van der Waals surface area contributed by atoms with E-state index in [1.54, 1.807) is 0 Å². The second-order valence-electron chi connectivity index (χ2n) is 4.85. The molecule has 0 spiro atoms. The highest BCUT2D eigenvalue weighted by Crippen LogP contribution is 2.14. The Hall–Kier alpha value is -1.36. The number of aryl methyl sites for hydroxylation is 1. The number of unbranched alkanes of at least 4 members (excludes halogenated alkanes) is 2. The largest absolute Gasteiger partial charge is 0.447 e. The van der Waals surface area contributed by atoms with E-state index in [1.165, 1.54) is 10.5 Å². The van der Waals surface area contributed by atoms with Crippen LogP contribution in [0.25, 0.3) is 0 Å². The summed E-state index contributed by atoms with van der Waals surface area (Å²) in [6.07, 6.45) is 3.82. The fraction of sp³-hybridized carbons (Fsp3) is 0.467. The first-order valence-electron chi connectivity index (χ1n) is 6.88. The van der Waals surface area contributed by atoms with Crippen LogP contribution in [0.4, 0.5) is 4.79 Å². The molecule has 5 heteroatoms. The maximum absolute atomic E-state index is 11.7. The van der Waals surface area contributed by atoms with Crippen molar-refractivity contribution in [2.24, 2.45) is 0 Å². The molecule has 0 atom stereocenters. The lowest BCUT2D eigenvalue weighted by Crippen LogP contribution is -2.31. The van der Waals surface area contributed by atoms with Crippen LogP contribution in [0.15, 0.2) is 28.7 Å². The van der Waals surface area contributed by atoms with Crippen molar-refractivity contribution in [3.05, 3.63) is 34.3 Å². The summed E-state index contributed by atoms with van der Waals surface area (Å²) in [5.74, 6) is -0.115. The predicted molar refractivity (Wildman–Crippen MR) is 79.4 cm³/mol. The lowest BCUT2D eigenvalue weighted by Gasteiger charge is -2.10. The molecule has 1 aliphatic rings. The Kier molecular flexibility index (Phi) is 5.59. The zero-order valence-corrected chi connectivity index (χ0v) is 12.9. The number of rotatable bonds is 6. The fourth-order valence-electron chi connectivity index (χ4n) is 2.19. The third kappa shape index (κ3) is 4.34. The third-order valence-electron chi connectivity index (χ3n) is 3.33. The summed E-state index contributed by atoms with van der Waals surface area (Å²) < 4.78 is 5.83. The van der Waals surface area contributed by atoms with E-state index in [0.717, 1.165) is 30.2 Å². The molecule has 0 bridgehead atoms. The molecule has 1 aromatic carbocycles. The second-order valence-corrected chi connectivity index (χ2v) is 5.76. The van der Waals surface area contributed by atoms with Crippen LogP contribution in [0, 0.1) is 0 Å². The highest BCUT2D eigenvalue weighted by molar-refractivity contribution is 9.10. The van der Waals surface area contributed by atoms with Gasteiger partial charge < -0.3 is 4.74 Å². The second kappa shape index (κ2) is 7.43. The molecule has 20 heavy (non-hydrogen) atoms. The van der Waals surface area contributed by atoms with Gasteiger partial charge in [0.1, 0.15) is 6.61 Å². The Labute approximate surface area is 127 Å². The van der Waals surface area contributed by atoms with E-state index in [0.29, 0.717) is 19.6 Å². The molecule has 0 aromatic heterocycles. The van der Waals surface area contributed by atoms with Gasteiger partial charge in [0.25, 0.3) is 0 Å². The SMILES string of the molecule is O=C(CCCCCc1ccc(Br)cc1)N1CCOC1=O. The van der Waals surface area contributed by atoms with Crippen LogP contribution < -0.4 is 0 Å². The third-order valence-corrected chi connectivity index (χ3v) is 3.86. The number of carbonyl (C=O) groups excluding carboxylic acids is 2. The van der Waals surface area contributed by atoms with Crippen LogP contribution in [0.3, 0.4) is 0 Å². The van der Waals surface area contributed by atoms with E-state index in [2.05, 4.69) is 28.1 Å². The zero-order valence-electron chi connectivity index (χ0n) is 11.3. The summed E-state index contributed by atoms with van der Waals surface area (Å²) in [4.78, 5) is 24.1. The number of benzene rings is 1. The molecule has 0 radical (unpaired) electrons.